The fourth-order valence-electron chi connectivity index (χ4n) is 3.94. The first-order valence-corrected chi connectivity index (χ1v) is 10.1. The van der Waals surface area contributed by atoms with E-state index in [9.17, 15) is 19.1 Å². The summed E-state index contributed by atoms with van der Waals surface area (Å²) in [6, 6.07) is 16.8. The number of nitrogens with zero attached hydrogens (tertiary/aromatic N) is 1. The number of carbonyl (C=O) groups is 2. The first kappa shape index (κ1) is 21.3. The number of anilines is 1. The van der Waals surface area contributed by atoms with E-state index in [0.29, 0.717) is 17.0 Å². The fourth-order valence-corrected chi connectivity index (χ4v) is 3.94. The first-order chi connectivity index (χ1) is 15.3. The van der Waals surface area contributed by atoms with Crippen LogP contribution in [0.1, 0.15) is 28.3 Å². The van der Waals surface area contributed by atoms with Crippen LogP contribution < -0.4 is 9.64 Å². The van der Waals surface area contributed by atoms with Crippen molar-refractivity contribution in [3.63, 3.8) is 0 Å². The number of hydrogen-bond donors (Lipinski definition) is 1. The van der Waals surface area contributed by atoms with Gasteiger partial charge < -0.3 is 9.84 Å². The maximum absolute atomic E-state index is 13.4. The Morgan fingerprint density at radius 2 is 1.62 bits per heavy atom. The number of aliphatic hydroxyl groups is 1. The number of halogens is 1. The lowest BCUT2D eigenvalue weighted by Crippen LogP contribution is -2.30. The van der Waals surface area contributed by atoms with Gasteiger partial charge in [-0.15, -0.1) is 0 Å². The molecule has 32 heavy (non-hydrogen) atoms. The van der Waals surface area contributed by atoms with Gasteiger partial charge in [-0.2, -0.15) is 0 Å². The summed E-state index contributed by atoms with van der Waals surface area (Å²) >= 11 is 0. The Labute approximate surface area is 185 Å². The van der Waals surface area contributed by atoms with Gasteiger partial charge in [0.25, 0.3) is 11.7 Å². The van der Waals surface area contributed by atoms with Gasteiger partial charge in [0, 0.05) is 11.3 Å². The van der Waals surface area contributed by atoms with Gasteiger partial charge in [0.15, 0.2) is 0 Å². The third-order valence-electron chi connectivity index (χ3n) is 5.83. The maximum atomic E-state index is 13.4. The molecule has 3 aromatic carbocycles. The van der Waals surface area contributed by atoms with Crippen LogP contribution in [0.2, 0.25) is 0 Å². The minimum atomic E-state index is -0.855. The van der Waals surface area contributed by atoms with Crippen molar-refractivity contribution in [2.75, 3.05) is 12.0 Å². The molecule has 5 nitrogen and oxygen atoms in total. The number of amides is 1. The third-order valence-corrected chi connectivity index (χ3v) is 5.83. The molecule has 0 aliphatic carbocycles. The smallest absolute Gasteiger partial charge is 0.300 e. The summed E-state index contributed by atoms with van der Waals surface area (Å²) in [5.41, 5.74) is 3.25. The van der Waals surface area contributed by atoms with E-state index in [1.807, 2.05) is 26.0 Å². The molecule has 1 unspecified atom stereocenters. The Hall–Kier alpha value is -3.93. The average Bonchev–Trinajstić information content (AvgIpc) is 3.06. The van der Waals surface area contributed by atoms with Crippen LogP contribution in [0.25, 0.3) is 5.76 Å². The second-order valence-electron chi connectivity index (χ2n) is 7.67. The fraction of sp³-hybridized carbons (Fsp3) is 0.154. The minimum absolute atomic E-state index is 0.0484. The number of Topliss-reactive ketones (excluding diaryl/α,β-unsaturated/α-hetero) is 1. The highest BCUT2D eigenvalue weighted by atomic mass is 19.1. The SMILES string of the molecule is COc1ccc(C2/C(=C(\O)c3ccc(F)cc3)C(=O)C(=O)N2c2cccc(C)c2C)cc1. The van der Waals surface area contributed by atoms with Crippen molar-refractivity contribution >= 4 is 23.1 Å². The van der Waals surface area contributed by atoms with Crippen molar-refractivity contribution in [3.8, 4) is 5.75 Å². The van der Waals surface area contributed by atoms with Crippen LogP contribution in [0.4, 0.5) is 10.1 Å². The van der Waals surface area contributed by atoms with Gasteiger partial charge in [-0.1, -0.05) is 24.3 Å². The summed E-state index contributed by atoms with van der Waals surface area (Å²) < 4.78 is 18.6. The van der Waals surface area contributed by atoms with Crippen molar-refractivity contribution < 1.29 is 23.8 Å². The normalized spacial score (nSPS) is 17.6. The van der Waals surface area contributed by atoms with E-state index >= 15 is 0 Å². The van der Waals surface area contributed by atoms with E-state index in [2.05, 4.69) is 0 Å². The molecule has 1 N–H and O–H groups in total. The number of carbonyl (C=O) groups excluding carboxylic acids is 2. The molecule has 1 aliphatic rings. The van der Waals surface area contributed by atoms with Gasteiger partial charge in [0.2, 0.25) is 0 Å². The monoisotopic (exact) mass is 431 g/mol. The molecule has 0 bridgehead atoms. The number of hydrogen-bond acceptors (Lipinski definition) is 4. The topological polar surface area (TPSA) is 66.8 Å². The molecule has 1 amide bonds. The van der Waals surface area contributed by atoms with Crippen molar-refractivity contribution in [2.24, 2.45) is 0 Å². The number of aliphatic hydroxyl groups excluding tert-OH is 1. The molecule has 1 atom stereocenters. The number of methoxy groups -OCH3 is 1. The van der Waals surface area contributed by atoms with Gasteiger partial charge in [0.1, 0.15) is 17.3 Å². The Morgan fingerprint density at radius 1 is 0.969 bits per heavy atom. The Kier molecular flexibility index (Phi) is 5.53. The number of benzene rings is 3. The molecular weight excluding hydrogens is 409 g/mol. The quantitative estimate of drug-likeness (QED) is 0.356. The molecule has 1 saturated heterocycles. The highest BCUT2D eigenvalue weighted by Crippen LogP contribution is 2.43. The summed E-state index contributed by atoms with van der Waals surface area (Å²) in [4.78, 5) is 27.8. The molecular formula is C26H22FNO4. The zero-order valence-corrected chi connectivity index (χ0v) is 17.9. The van der Waals surface area contributed by atoms with Crippen molar-refractivity contribution in [3.05, 3.63) is 100 Å². The van der Waals surface area contributed by atoms with Crippen LogP contribution in [0.15, 0.2) is 72.3 Å². The zero-order chi connectivity index (χ0) is 23.0. The summed E-state index contributed by atoms with van der Waals surface area (Å²) in [6.07, 6.45) is 0. The van der Waals surface area contributed by atoms with Crippen LogP contribution in [-0.4, -0.2) is 23.9 Å². The molecule has 4 rings (SSSR count). The van der Waals surface area contributed by atoms with Gasteiger partial charge in [-0.05, 0) is 73.0 Å². The maximum Gasteiger partial charge on any atom is 0.300 e. The molecule has 0 radical (unpaired) electrons. The Morgan fingerprint density at radius 3 is 2.25 bits per heavy atom. The molecule has 6 heteroatoms. The van der Waals surface area contributed by atoms with Gasteiger partial charge in [-0.25, -0.2) is 4.39 Å². The zero-order valence-electron chi connectivity index (χ0n) is 17.9. The van der Waals surface area contributed by atoms with Crippen molar-refractivity contribution in [1.82, 2.24) is 0 Å². The second kappa shape index (κ2) is 8.30. The van der Waals surface area contributed by atoms with Crippen molar-refractivity contribution in [1.29, 1.82) is 0 Å². The molecule has 0 saturated carbocycles. The molecule has 3 aromatic rings. The lowest BCUT2D eigenvalue weighted by molar-refractivity contribution is -0.132. The number of ether oxygens (including phenoxy) is 1. The van der Waals surface area contributed by atoms with E-state index in [1.54, 1.807) is 37.4 Å². The summed E-state index contributed by atoms with van der Waals surface area (Å²) in [5, 5.41) is 11.1. The van der Waals surface area contributed by atoms with Crippen LogP contribution in [0.3, 0.4) is 0 Å². The van der Waals surface area contributed by atoms with Crippen molar-refractivity contribution in [2.45, 2.75) is 19.9 Å². The molecule has 162 valence electrons. The van der Waals surface area contributed by atoms with E-state index < -0.39 is 23.5 Å². The minimum Gasteiger partial charge on any atom is -0.507 e. The standard InChI is InChI=1S/C26H22FNO4/c1-15-5-4-6-21(16(15)2)28-23(17-9-13-20(32-3)14-10-17)22(25(30)26(28)31)24(29)18-7-11-19(27)12-8-18/h4-14,23,29H,1-3H3/b24-22+. The van der Waals surface area contributed by atoms with Crippen LogP contribution in [0, 0.1) is 19.7 Å². The lowest BCUT2D eigenvalue weighted by Gasteiger charge is -2.27. The molecule has 0 aromatic heterocycles. The molecule has 1 aliphatic heterocycles. The van der Waals surface area contributed by atoms with Gasteiger partial charge in [-0.3, -0.25) is 14.5 Å². The highest BCUT2D eigenvalue weighted by molar-refractivity contribution is 6.51. The summed E-state index contributed by atoms with van der Waals surface area (Å²) in [7, 11) is 1.55. The van der Waals surface area contributed by atoms with Crippen LogP contribution in [0.5, 0.6) is 5.75 Å². The lowest BCUT2D eigenvalue weighted by atomic mass is 9.94. The average molecular weight is 431 g/mol. The largest absolute Gasteiger partial charge is 0.507 e. The van der Waals surface area contributed by atoms with E-state index in [0.717, 1.165) is 11.1 Å². The van der Waals surface area contributed by atoms with Crippen LogP contribution >= 0.6 is 0 Å². The summed E-state index contributed by atoms with van der Waals surface area (Å²) in [6.45, 7) is 3.81. The number of ketones is 1. The molecule has 1 fully saturated rings. The second-order valence-corrected chi connectivity index (χ2v) is 7.67. The Balaban J connectivity index is 1.96. The summed E-state index contributed by atoms with van der Waals surface area (Å²) in [5.74, 6) is -1.73. The number of aryl methyl sites for hydroxylation is 1. The van der Waals surface area contributed by atoms with Crippen LogP contribution in [-0.2, 0) is 9.59 Å². The number of rotatable bonds is 4. The highest BCUT2D eigenvalue weighted by Gasteiger charge is 2.47. The molecule has 0 spiro atoms. The van der Waals surface area contributed by atoms with E-state index in [-0.39, 0.29) is 16.9 Å². The predicted molar refractivity (Wildman–Crippen MR) is 120 cm³/mol. The van der Waals surface area contributed by atoms with Gasteiger partial charge >= 0.3 is 0 Å². The van der Waals surface area contributed by atoms with E-state index in [4.69, 9.17) is 4.74 Å². The predicted octanol–water partition coefficient (Wildman–Crippen LogP) is 5.08. The molecule has 1 heterocycles. The Bertz CT molecular complexity index is 1230. The first-order valence-electron chi connectivity index (χ1n) is 10.1. The van der Waals surface area contributed by atoms with E-state index in [1.165, 1.54) is 29.2 Å². The van der Waals surface area contributed by atoms with Gasteiger partial charge in [0.05, 0.1) is 18.7 Å². The third kappa shape index (κ3) is 3.54.